The van der Waals surface area contributed by atoms with Crippen molar-refractivity contribution in [1.29, 1.82) is 0 Å². The Kier molecular flexibility index (Phi) is 3.97. The van der Waals surface area contributed by atoms with Crippen LogP contribution in [0.15, 0.2) is 52.5 Å². The number of aromatic nitrogens is 1. The van der Waals surface area contributed by atoms with E-state index in [-0.39, 0.29) is 11.9 Å². The van der Waals surface area contributed by atoms with E-state index < -0.39 is 0 Å². The summed E-state index contributed by atoms with van der Waals surface area (Å²) >= 11 is 3.19. The zero-order valence-corrected chi connectivity index (χ0v) is 14.1. The number of carbonyl (C=O) groups excluding carboxylic acids is 1. The van der Waals surface area contributed by atoms with Crippen LogP contribution in [0.4, 0.5) is 0 Å². The molecule has 1 aliphatic rings. The minimum Gasteiger partial charge on any atom is -0.330 e. The SMILES string of the molecule is O=C(c1csc(-c2ccsc2)n1)N1CCC[C@@H]1c1ccccc1. The molecular weight excluding hydrogens is 324 g/mol. The third-order valence-corrected chi connectivity index (χ3v) is 5.76. The molecule has 23 heavy (non-hydrogen) atoms. The fraction of sp³-hybridized carbons (Fsp3) is 0.222. The predicted octanol–water partition coefficient (Wildman–Crippen LogP) is 4.85. The molecule has 0 spiro atoms. The first-order chi connectivity index (χ1) is 11.3. The van der Waals surface area contributed by atoms with Crippen LogP contribution in [-0.4, -0.2) is 22.3 Å². The van der Waals surface area contributed by atoms with Crippen molar-refractivity contribution in [2.75, 3.05) is 6.54 Å². The Morgan fingerprint density at radius 1 is 1.17 bits per heavy atom. The lowest BCUT2D eigenvalue weighted by atomic mass is 10.0. The van der Waals surface area contributed by atoms with E-state index >= 15 is 0 Å². The van der Waals surface area contributed by atoms with Crippen LogP contribution in [-0.2, 0) is 0 Å². The molecule has 1 saturated heterocycles. The molecule has 4 rings (SSSR count). The van der Waals surface area contributed by atoms with Gasteiger partial charge in [-0.3, -0.25) is 4.79 Å². The van der Waals surface area contributed by atoms with Crippen LogP contribution in [0.3, 0.4) is 0 Å². The maximum atomic E-state index is 12.9. The lowest BCUT2D eigenvalue weighted by Gasteiger charge is -2.24. The highest BCUT2D eigenvalue weighted by atomic mass is 32.1. The molecule has 1 amide bonds. The van der Waals surface area contributed by atoms with Crippen molar-refractivity contribution < 1.29 is 4.79 Å². The Bertz CT molecular complexity index is 796. The molecule has 1 aromatic carbocycles. The monoisotopic (exact) mass is 340 g/mol. The zero-order valence-electron chi connectivity index (χ0n) is 12.5. The van der Waals surface area contributed by atoms with Crippen molar-refractivity contribution in [3.05, 3.63) is 63.8 Å². The van der Waals surface area contributed by atoms with Gasteiger partial charge < -0.3 is 4.90 Å². The fourth-order valence-corrected chi connectivity index (χ4v) is 4.58. The number of amides is 1. The molecule has 0 bridgehead atoms. The van der Waals surface area contributed by atoms with Crippen LogP contribution in [0.1, 0.15) is 34.9 Å². The first-order valence-electron chi connectivity index (χ1n) is 7.67. The first-order valence-corrected chi connectivity index (χ1v) is 9.49. The van der Waals surface area contributed by atoms with Gasteiger partial charge in [-0.15, -0.1) is 11.3 Å². The van der Waals surface area contributed by atoms with Crippen molar-refractivity contribution in [3.8, 4) is 10.6 Å². The largest absolute Gasteiger partial charge is 0.330 e. The van der Waals surface area contributed by atoms with E-state index in [1.54, 1.807) is 11.3 Å². The van der Waals surface area contributed by atoms with Gasteiger partial charge >= 0.3 is 0 Å². The van der Waals surface area contributed by atoms with E-state index in [9.17, 15) is 4.79 Å². The molecule has 0 radical (unpaired) electrons. The smallest absolute Gasteiger partial charge is 0.273 e. The number of hydrogen-bond donors (Lipinski definition) is 0. The minimum atomic E-state index is 0.0501. The van der Waals surface area contributed by atoms with E-state index in [2.05, 4.69) is 22.5 Å². The van der Waals surface area contributed by atoms with Crippen molar-refractivity contribution in [2.24, 2.45) is 0 Å². The van der Waals surface area contributed by atoms with Gasteiger partial charge in [0, 0.05) is 22.9 Å². The van der Waals surface area contributed by atoms with Crippen LogP contribution in [0.2, 0.25) is 0 Å². The van der Waals surface area contributed by atoms with Crippen molar-refractivity contribution in [1.82, 2.24) is 9.88 Å². The number of benzene rings is 1. The van der Waals surface area contributed by atoms with Gasteiger partial charge in [-0.1, -0.05) is 30.3 Å². The summed E-state index contributed by atoms with van der Waals surface area (Å²) < 4.78 is 0. The van der Waals surface area contributed by atoms with E-state index in [1.165, 1.54) is 16.9 Å². The lowest BCUT2D eigenvalue weighted by molar-refractivity contribution is 0.0730. The highest BCUT2D eigenvalue weighted by Crippen LogP contribution is 2.34. The molecule has 116 valence electrons. The van der Waals surface area contributed by atoms with Crippen molar-refractivity contribution in [3.63, 3.8) is 0 Å². The van der Waals surface area contributed by atoms with Gasteiger partial charge in [0.15, 0.2) is 0 Å². The van der Waals surface area contributed by atoms with E-state index in [1.807, 2.05) is 39.9 Å². The number of hydrogen-bond acceptors (Lipinski definition) is 4. The number of nitrogens with zero attached hydrogens (tertiary/aromatic N) is 2. The summed E-state index contributed by atoms with van der Waals surface area (Å²) in [4.78, 5) is 19.4. The average Bonchev–Trinajstić information content (AvgIpc) is 3.35. The Morgan fingerprint density at radius 2 is 2.04 bits per heavy atom. The summed E-state index contributed by atoms with van der Waals surface area (Å²) in [6.07, 6.45) is 2.07. The molecule has 1 aliphatic heterocycles. The number of thiazole rings is 1. The third-order valence-electron chi connectivity index (χ3n) is 4.19. The maximum absolute atomic E-state index is 12.9. The molecule has 3 nitrogen and oxygen atoms in total. The summed E-state index contributed by atoms with van der Waals surface area (Å²) in [5, 5.41) is 6.90. The standard InChI is InChI=1S/C18H16N2OS2/c21-18(15-12-23-17(19-15)14-8-10-22-11-14)20-9-4-7-16(20)13-5-2-1-3-6-13/h1-3,5-6,8,10-12,16H,4,7,9H2/t16-/m1/s1. The number of carbonyl (C=O) groups is 1. The van der Waals surface area contributed by atoms with Crippen molar-refractivity contribution >= 4 is 28.6 Å². The molecule has 0 saturated carbocycles. The molecule has 0 unspecified atom stereocenters. The Hall–Kier alpha value is -1.98. The highest BCUT2D eigenvalue weighted by Gasteiger charge is 2.31. The molecule has 0 aliphatic carbocycles. The van der Waals surface area contributed by atoms with Crippen LogP contribution in [0, 0.1) is 0 Å². The second-order valence-corrected chi connectivity index (χ2v) is 7.26. The summed E-state index contributed by atoms with van der Waals surface area (Å²) in [5.41, 5.74) is 2.88. The molecule has 0 N–H and O–H groups in total. The molecule has 3 aromatic rings. The first kappa shape index (κ1) is 14.6. The van der Waals surface area contributed by atoms with Gasteiger partial charge in [-0.05, 0) is 29.9 Å². The van der Waals surface area contributed by atoms with Crippen LogP contribution < -0.4 is 0 Å². The second kappa shape index (κ2) is 6.26. The summed E-state index contributed by atoms with van der Waals surface area (Å²) in [6, 6.07) is 12.5. The van der Waals surface area contributed by atoms with Gasteiger partial charge in [-0.2, -0.15) is 11.3 Å². The van der Waals surface area contributed by atoms with E-state index in [4.69, 9.17) is 0 Å². The van der Waals surface area contributed by atoms with E-state index in [0.29, 0.717) is 5.69 Å². The quantitative estimate of drug-likeness (QED) is 0.683. The summed E-state index contributed by atoms with van der Waals surface area (Å²) in [6.45, 7) is 0.809. The van der Waals surface area contributed by atoms with Gasteiger partial charge in [0.2, 0.25) is 0 Å². The minimum absolute atomic E-state index is 0.0501. The molecule has 1 fully saturated rings. The topological polar surface area (TPSA) is 33.2 Å². The normalized spacial score (nSPS) is 17.6. The lowest BCUT2D eigenvalue weighted by Crippen LogP contribution is -2.30. The van der Waals surface area contributed by atoms with Crippen LogP contribution in [0.5, 0.6) is 0 Å². The predicted molar refractivity (Wildman–Crippen MR) is 94.9 cm³/mol. The Morgan fingerprint density at radius 3 is 2.83 bits per heavy atom. The maximum Gasteiger partial charge on any atom is 0.273 e. The average molecular weight is 340 g/mol. The Balaban J connectivity index is 1.59. The fourth-order valence-electron chi connectivity index (χ4n) is 3.07. The van der Waals surface area contributed by atoms with Crippen LogP contribution in [0.25, 0.3) is 10.6 Å². The molecule has 3 heterocycles. The number of likely N-dealkylation sites (tertiary alicyclic amines) is 1. The van der Waals surface area contributed by atoms with E-state index in [0.717, 1.165) is 30.0 Å². The highest BCUT2D eigenvalue weighted by molar-refractivity contribution is 7.14. The summed E-state index contributed by atoms with van der Waals surface area (Å²) in [7, 11) is 0. The molecule has 5 heteroatoms. The third kappa shape index (κ3) is 2.82. The van der Waals surface area contributed by atoms with Crippen LogP contribution >= 0.6 is 22.7 Å². The Labute approximate surface area is 143 Å². The number of rotatable bonds is 3. The van der Waals surface area contributed by atoms with Gasteiger partial charge in [0.25, 0.3) is 5.91 Å². The van der Waals surface area contributed by atoms with Gasteiger partial charge in [0.1, 0.15) is 10.7 Å². The summed E-state index contributed by atoms with van der Waals surface area (Å²) in [5.74, 6) is 0.0501. The van der Waals surface area contributed by atoms with Gasteiger partial charge in [-0.25, -0.2) is 4.98 Å². The zero-order chi connectivity index (χ0) is 15.6. The van der Waals surface area contributed by atoms with Gasteiger partial charge in [0.05, 0.1) is 6.04 Å². The number of thiophene rings is 1. The molecule has 1 atom stereocenters. The molecule has 2 aromatic heterocycles. The van der Waals surface area contributed by atoms with Crippen molar-refractivity contribution in [2.45, 2.75) is 18.9 Å². The second-order valence-electron chi connectivity index (χ2n) is 5.62. The molecular formula is C18H16N2OS2.